The lowest BCUT2D eigenvalue weighted by molar-refractivity contribution is 0.277. The summed E-state index contributed by atoms with van der Waals surface area (Å²) >= 11 is 4.97. The van der Waals surface area contributed by atoms with Crippen molar-refractivity contribution in [3.63, 3.8) is 0 Å². The molecule has 1 aromatic heterocycles. The molecule has 1 N–H and O–H groups in total. The number of thiazole rings is 1. The fourth-order valence-electron chi connectivity index (χ4n) is 1.51. The van der Waals surface area contributed by atoms with E-state index >= 15 is 0 Å². The van der Waals surface area contributed by atoms with Crippen LogP contribution in [0.3, 0.4) is 0 Å². The van der Waals surface area contributed by atoms with Crippen molar-refractivity contribution in [2.45, 2.75) is 20.5 Å². The van der Waals surface area contributed by atoms with Crippen molar-refractivity contribution in [3.8, 4) is 10.6 Å². The van der Waals surface area contributed by atoms with Gasteiger partial charge in [-0.3, -0.25) is 0 Å². The molecule has 0 atom stereocenters. The first-order chi connectivity index (χ1) is 7.61. The van der Waals surface area contributed by atoms with Gasteiger partial charge in [-0.05, 0) is 41.4 Å². The summed E-state index contributed by atoms with van der Waals surface area (Å²) in [5.74, 6) is 0. The molecule has 0 fully saturated rings. The quantitative estimate of drug-likeness (QED) is 0.917. The van der Waals surface area contributed by atoms with Crippen LogP contribution >= 0.6 is 27.3 Å². The van der Waals surface area contributed by atoms with Crippen LogP contribution in [-0.4, -0.2) is 10.1 Å². The molecule has 0 spiro atoms. The van der Waals surface area contributed by atoms with Gasteiger partial charge in [0.1, 0.15) is 5.01 Å². The largest absolute Gasteiger partial charge is 0.390 e. The molecule has 1 aromatic carbocycles. The molecule has 0 unspecified atom stereocenters. The number of benzene rings is 1. The van der Waals surface area contributed by atoms with Crippen LogP contribution in [-0.2, 0) is 6.61 Å². The average molecular weight is 298 g/mol. The molecule has 0 aliphatic carbocycles. The molecule has 0 aliphatic heterocycles. The standard InChI is InChI=1S/C12H12BrNOS/c1-7-3-4-8(2)9(5-7)12-14-10(6-15)11(13)16-12/h3-5,15H,6H2,1-2H3. The van der Waals surface area contributed by atoms with Gasteiger partial charge in [0, 0.05) is 5.56 Å². The van der Waals surface area contributed by atoms with Crippen molar-refractivity contribution in [1.82, 2.24) is 4.98 Å². The third kappa shape index (κ3) is 2.19. The third-order valence-corrected chi connectivity index (χ3v) is 4.29. The summed E-state index contributed by atoms with van der Waals surface area (Å²) in [5, 5.41) is 10.1. The predicted molar refractivity (Wildman–Crippen MR) is 70.6 cm³/mol. The van der Waals surface area contributed by atoms with Crippen LogP contribution in [0.25, 0.3) is 10.6 Å². The van der Waals surface area contributed by atoms with Gasteiger partial charge < -0.3 is 5.11 Å². The lowest BCUT2D eigenvalue weighted by Crippen LogP contribution is -1.86. The highest BCUT2D eigenvalue weighted by Crippen LogP contribution is 2.33. The second-order valence-corrected chi connectivity index (χ2v) is 6.03. The molecule has 4 heteroatoms. The number of aliphatic hydroxyl groups is 1. The Balaban J connectivity index is 2.53. The van der Waals surface area contributed by atoms with Crippen molar-refractivity contribution in [2.24, 2.45) is 0 Å². The molecule has 0 saturated carbocycles. The van der Waals surface area contributed by atoms with Crippen molar-refractivity contribution in [1.29, 1.82) is 0 Å². The Morgan fingerprint density at radius 2 is 2.12 bits per heavy atom. The third-order valence-electron chi connectivity index (χ3n) is 2.42. The van der Waals surface area contributed by atoms with E-state index in [0.717, 1.165) is 14.4 Å². The number of nitrogens with zero attached hydrogens (tertiary/aromatic N) is 1. The number of rotatable bonds is 2. The van der Waals surface area contributed by atoms with Gasteiger partial charge in [0.2, 0.25) is 0 Å². The average Bonchev–Trinajstić information content (AvgIpc) is 2.63. The number of aryl methyl sites for hydroxylation is 2. The fourth-order valence-corrected chi connectivity index (χ4v) is 3.07. The molecule has 0 amide bonds. The highest BCUT2D eigenvalue weighted by Gasteiger charge is 2.11. The van der Waals surface area contributed by atoms with Crippen LogP contribution in [0, 0.1) is 13.8 Å². The predicted octanol–water partition coefficient (Wildman–Crippen LogP) is 3.68. The summed E-state index contributed by atoms with van der Waals surface area (Å²) in [4.78, 5) is 4.42. The fraction of sp³-hybridized carbons (Fsp3) is 0.250. The minimum absolute atomic E-state index is 0.0258. The van der Waals surface area contributed by atoms with Gasteiger partial charge in [-0.2, -0.15) is 0 Å². The first-order valence-corrected chi connectivity index (χ1v) is 6.56. The van der Waals surface area contributed by atoms with Crippen molar-refractivity contribution in [3.05, 3.63) is 38.8 Å². The van der Waals surface area contributed by atoms with Crippen LogP contribution in [0.4, 0.5) is 0 Å². The number of halogens is 1. The van der Waals surface area contributed by atoms with Gasteiger partial charge in [0.15, 0.2) is 0 Å². The molecule has 0 bridgehead atoms. The van der Waals surface area contributed by atoms with E-state index in [4.69, 9.17) is 5.11 Å². The monoisotopic (exact) mass is 297 g/mol. The maximum atomic E-state index is 9.12. The zero-order valence-corrected chi connectivity index (χ0v) is 11.5. The molecule has 0 aliphatic rings. The molecule has 2 rings (SSSR count). The van der Waals surface area contributed by atoms with Gasteiger partial charge in [-0.25, -0.2) is 4.98 Å². The molecular weight excluding hydrogens is 286 g/mol. The van der Waals surface area contributed by atoms with Gasteiger partial charge >= 0.3 is 0 Å². The Morgan fingerprint density at radius 3 is 2.75 bits per heavy atom. The van der Waals surface area contributed by atoms with Crippen LogP contribution < -0.4 is 0 Å². The summed E-state index contributed by atoms with van der Waals surface area (Å²) < 4.78 is 0.908. The van der Waals surface area contributed by atoms with Crippen LogP contribution in [0.1, 0.15) is 16.8 Å². The first kappa shape index (κ1) is 11.8. The maximum absolute atomic E-state index is 9.12. The Bertz CT molecular complexity index is 522. The Hall–Kier alpha value is -0.710. The molecule has 0 saturated heterocycles. The SMILES string of the molecule is Cc1ccc(C)c(-c2nc(CO)c(Br)s2)c1. The van der Waals surface area contributed by atoms with E-state index < -0.39 is 0 Å². The minimum Gasteiger partial charge on any atom is -0.390 e. The van der Waals surface area contributed by atoms with E-state index in [2.05, 4.69) is 53.0 Å². The first-order valence-electron chi connectivity index (χ1n) is 4.95. The maximum Gasteiger partial charge on any atom is 0.125 e. The van der Waals surface area contributed by atoms with E-state index in [-0.39, 0.29) is 6.61 Å². The van der Waals surface area contributed by atoms with E-state index in [9.17, 15) is 0 Å². The second kappa shape index (κ2) is 4.65. The van der Waals surface area contributed by atoms with Gasteiger partial charge in [-0.15, -0.1) is 11.3 Å². The van der Waals surface area contributed by atoms with E-state index in [1.165, 1.54) is 11.1 Å². The lowest BCUT2D eigenvalue weighted by atomic mass is 10.1. The molecule has 0 radical (unpaired) electrons. The van der Waals surface area contributed by atoms with Gasteiger partial charge in [0.25, 0.3) is 0 Å². The Kier molecular flexibility index (Phi) is 3.42. The van der Waals surface area contributed by atoms with Gasteiger partial charge in [0.05, 0.1) is 16.1 Å². The number of aliphatic hydroxyl groups excluding tert-OH is 1. The summed E-state index contributed by atoms with van der Waals surface area (Å²) in [5.41, 5.74) is 4.28. The number of aromatic nitrogens is 1. The second-order valence-electron chi connectivity index (χ2n) is 3.72. The van der Waals surface area contributed by atoms with E-state index in [1.54, 1.807) is 11.3 Å². The molecule has 84 valence electrons. The highest BCUT2D eigenvalue weighted by atomic mass is 79.9. The highest BCUT2D eigenvalue weighted by molar-refractivity contribution is 9.11. The zero-order chi connectivity index (χ0) is 11.7. The van der Waals surface area contributed by atoms with Crippen molar-refractivity contribution >= 4 is 27.3 Å². The molecule has 2 nitrogen and oxygen atoms in total. The summed E-state index contributed by atoms with van der Waals surface area (Å²) in [6, 6.07) is 6.31. The number of hydrogen-bond donors (Lipinski definition) is 1. The molecule has 16 heavy (non-hydrogen) atoms. The molecular formula is C12H12BrNOS. The minimum atomic E-state index is -0.0258. The van der Waals surface area contributed by atoms with Crippen LogP contribution in [0.2, 0.25) is 0 Å². The number of hydrogen-bond acceptors (Lipinski definition) is 3. The Morgan fingerprint density at radius 1 is 1.38 bits per heavy atom. The van der Waals surface area contributed by atoms with E-state index in [1.807, 2.05) is 0 Å². The summed E-state index contributed by atoms with van der Waals surface area (Å²) in [6.45, 7) is 4.11. The van der Waals surface area contributed by atoms with Crippen molar-refractivity contribution < 1.29 is 5.11 Å². The Labute approximate surface area is 107 Å². The van der Waals surface area contributed by atoms with Crippen molar-refractivity contribution in [2.75, 3.05) is 0 Å². The normalized spacial score (nSPS) is 10.8. The van der Waals surface area contributed by atoms with Crippen LogP contribution in [0.5, 0.6) is 0 Å². The topological polar surface area (TPSA) is 33.1 Å². The molecule has 2 aromatic rings. The summed E-state index contributed by atoms with van der Waals surface area (Å²) in [6.07, 6.45) is 0. The lowest BCUT2D eigenvalue weighted by Gasteiger charge is -2.03. The smallest absolute Gasteiger partial charge is 0.125 e. The zero-order valence-electron chi connectivity index (χ0n) is 9.12. The van der Waals surface area contributed by atoms with E-state index in [0.29, 0.717) is 5.69 Å². The van der Waals surface area contributed by atoms with Crippen LogP contribution in [0.15, 0.2) is 22.0 Å². The summed E-state index contributed by atoms with van der Waals surface area (Å²) in [7, 11) is 0. The van der Waals surface area contributed by atoms with Gasteiger partial charge in [-0.1, -0.05) is 17.7 Å². The molecule has 1 heterocycles.